The van der Waals surface area contributed by atoms with E-state index >= 15 is 0 Å². The Morgan fingerprint density at radius 1 is 1.12 bits per heavy atom. The van der Waals surface area contributed by atoms with Crippen LogP contribution < -0.4 is 5.73 Å². The number of hydrogen-bond acceptors (Lipinski definition) is 1. The van der Waals surface area contributed by atoms with Gasteiger partial charge >= 0.3 is 0 Å². The molecule has 1 aliphatic rings. The van der Waals surface area contributed by atoms with E-state index < -0.39 is 0 Å². The molecule has 2 N–H and O–H groups in total. The van der Waals surface area contributed by atoms with Crippen molar-refractivity contribution in [1.29, 1.82) is 0 Å². The lowest BCUT2D eigenvalue weighted by atomic mass is 9.68. The van der Waals surface area contributed by atoms with Gasteiger partial charge in [-0.15, -0.1) is 0 Å². The van der Waals surface area contributed by atoms with Gasteiger partial charge in [-0.05, 0) is 61.8 Å². The van der Waals surface area contributed by atoms with Crippen molar-refractivity contribution in [2.75, 3.05) is 6.54 Å². The van der Waals surface area contributed by atoms with Gasteiger partial charge in [-0.2, -0.15) is 0 Å². The summed E-state index contributed by atoms with van der Waals surface area (Å²) in [5.41, 5.74) is 5.93. The van der Waals surface area contributed by atoms with E-state index in [1.54, 1.807) is 0 Å². The normalized spacial score (nSPS) is 33.0. The third-order valence-electron chi connectivity index (χ3n) is 4.83. The Labute approximate surface area is 102 Å². The summed E-state index contributed by atoms with van der Waals surface area (Å²) in [5.74, 6) is 4.41. The first-order valence-corrected chi connectivity index (χ1v) is 7.28. The molecule has 0 saturated heterocycles. The highest BCUT2D eigenvalue weighted by molar-refractivity contribution is 4.82. The van der Waals surface area contributed by atoms with E-state index in [0.717, 1.165) is 36.1 Å². The van der Waals surface area contributed by atoms with Crippen molar-refractivity contribution in [2.45, 2.75) is 59.8 Å². The first-order valence-electron chi connectivity index (χ1n) is 7.28. The Kier molecular flexibility index (Phi) is 5.82. The second kappa shape index (κ2) is 6.64. The Hall–Kier alpha value is -0.0400. The summed E-state index contributed by atoms with van der Waals surface area (Å²) in [6.45, 7) is 10.4. The predicted octanol–water partition coefficient (Wildman–Crippen LogP) is 4.07. The highest BCUT2D eigenvalue weighted by Gasteiger charge is 2.31. The minimum absolute atomic E-state index is 0.809. The summed E-state index contributed by atoms with van der Waals surface area (Å²) in [6, 6.07) is 0. The first kappa shape index (κ1) is 14.0. The molecule has 1 heteroatoms. The topological polar surface area (TPSA) is 26.0 Å². The summed E-state index contributed by atoms with van der Waals surface area (Å²) >= 11 is 0. The van der Waals surface area contributed by atoms with Gasteiger partial charge in [0.2, 0.25) is 0 Å². The zero-order valence-corrected chi connectivity index (χ0v) is 11.7. The molecule has 1 saturated carbocycles. The molecule has 96 valence electrons. The van der Waals surface area contributed by atoms with Gasteiger partial charge in [0, 0.05) is 0 Å². The van der Waals surface area contributed by atoms with Gasteiger partial charge in [-0.25, -0.2) is 0 Å². The van der Waals surface area contributed by atoms with E-state index in [2.05, 4.69) is 27.7 Å². The molecule has 4 atom stereocenters. The lowest BCUT2D eigenvalue weighted by Gasteiger charge is -2.38. The van der Waals surface area contributed by atoms with Crippen LogP contribution in [-0.4, -0.2) is 6.54 Å². The third kappa shape index (κ3) is 3.76. The van der Waals surface area contributed by atoms with Gasteiger partial charge in [-0.3, -0.25) is 0 Å². The molecule has 0 amide bonds. The van der Waals surface area contributed by atoms with Crippen molar-refractivity contribution in [3.05, 3.63) is 0 Å². The van der Waals surface area contributed by atoms with Crippen molar-refractivity contribution in [3.63, 3.8) is 0 Å². The molecular formula is C15H31N. The molecular weight excluding hydrogens is 194 g/mol. The molecule has 0 radical (unpaired) electrons. The third-order valence-corrected chi connectivity index (χ3v) is 4.83. The fourth-order valence-corrected chi connectivity index (χ4v) is 3.25. The molecule has 4 unspecified atom stereocenters. The lowest BCUT2D eigenvalue weighted by Crippen LogP contribution is -2.33. The van der Waals surface area contributed by atoms with Crippen molar-refractivity contribution in [1.82, 2.24) is 0 Å². The maximum Gasteiger partial charge on any atom is -0.00462 e. The second-order valence-corrected chi connectivity index (χ2v) is 6.32. The fraction of sp³-hybridized carbons (Fsp3) is 1.00. The highest BCUT2D eigenvalue weighted by Crippen LogP contribution is 2.40. The number of hydrogen-bond donors (Lipinski definition) is 1. The van der Waals surface area contributed by atoms with E-state index in [4.69, 9.17) is 5.73 Å². The zero-order chi connectivity index (χ0) is 12.1. The average Bonchev–Trinajstić information content (AvgIpc) is 2.28. The minimum Gasteiger partial charge on any atom is -0.330 e. The van der Waals surface area contributed by atoms with Crippen LogP contribution in [0.3, 0.4) is 0 Å². The zero-order valence-electron chi connectivity index (χ0n) is 11.7. The molecule has 0 heterocycles. The molecule has 0 aromatic heterocycles. The summed E-state index contributed by atoms with van der Waals surface area (Å²) in [6.07, 6.45) is 6.95. The molecule has 1 rings (SSSR count). The lowest BCUT2D eigenvalue weighted by molar-refractivity contribution is 0.130. The SMILES string of the molecule is CCC(C)CC1CC(C(C)C)CCC1CN. The van der Waals surface area contributed by atoms with E-state index in [1.165, 1.54) is 32.1 Å². The van der Waals surface area contributed by atoms with Crippen molar-refractivity contribution < 1.29 is 0 Å². The molecule has 0 aromatic carbocycles. The van der Waals surface area contributed by atoms with Crippen LogP contribution in [0, 0.1) is 29.6 Å². The molecule has 1 aliphatic carbocycles. The second-order valence-electron chi connectivity index (χ2n) is 6.32. The van der Waals surface area contributed by atoms with Crippen molar-refractivity contribution >= 4 is 0 Å². The highest BCUT2D eigenvalue weighted by atomic mass is 14.6. The van der Waals surface area contributed by atoms with Crippen LogP contribution in [0.25, 0.3) is 0 Å². The largest absolute Gasteiger partial charge is 0.330 e. The molecule has 16 heavy (non-hydrogen) atoms. The number of rotatable bonds is 5. The molecule has 0 aromatic rings. The predicted molar refractivity (Wildman–Crippen MR) is 72.3 cm³/mol. The minimum atomic E-state index is 0.809. The average molecular weight is 225 g/mol. The molecule has 0 bridgehead atoms. The smallest absolute Gasteiger partial charge is 0.00462 e. The quantitative estimate of drug-likeness (QED) is 0.750. The van der Waals surface area contributed by atoms with Crippen molar-refractivity contribution in [3.8, 4) is 0 Å². The fourth-order valence-electron chi connectivity index (χ4n) is 3.25. The molecule has 1 nitrogen and oxygen atoms in total. The molecule has 1 fully saturated rings. The number of nitrogens with two attached hydrogens (primary N) is 1. The monoisotopic (exact) mass is 225 g/mol. The first-order chi connectivity index (χ1) is 7.58. The van der Waals surface area contributed by atoms with Crippen LogP contribution in [0.4, 0.5) is 0 Å². The van der Waals surface area contributed by atoms with Gasteiger partial charge in [0.05, 0.1) is 0 Å². The summed E-state index contributed by atoms with van der Waals surface area (Å²) < 4.78 is 0. The van der Waals surface area contributed by atoms with Gasteiger partial charge in [0.25, 0.3) is 0 Å². The molecule has 0 aliphatic heterocycles. The Morgan fingerprint density at radius 2 is 1.81 bits per heavy atom. The maximum atomic E-state index is 5.93. The van der Waals surface area contributed by atoms with Crippen LogP contribution in [0.15, 0.2) is 0 Å². The van der Waals surface area contributed by atoms with Crippen molar-refractivity contribution in [2.24, 2.45) is 35.3 Å². The Balaban J connectivity index is 2.53. The van der Waals surface area contributed by atoms with Gasteiger partial charge in [0.1, 0.15) is 0 Å². The van der Waals surface area contributed by atoms with Crippen LogP contribution in [0.2, 0.25) is 0 Å². The van der Waals surface area contributed by atoms with Gasteiger partial charge in [-0.1, -0.05) is 34.1 Å². The van der Waals surface area contributed by atoms with E-state index in [0.29, 0.717) is 0 Å². The van der Waals surface area contributed by atoms with Crippen LogP contribution in [-0.2, 0) is 0 Å². The Morgan fingerprint density at radius 3 is 2.31 bits per heavy atom. The van der Waals surface area contributed by atoms with Crippen LogP contribution in [0.5, 0.6) is 0 Å². The summed E-state index contributed by atoms with van der Waals surface area (Å²) in [5, 5.41) is 0. The van der Waals surface area contributed by atoms with E-state index in [-0.39, 0.29) is 0 Å². The summed E-state index contributed by atoms with van der Waals surface area (Å²) in [4.78, 5) is 0. The van der Waals surface area contributed by atoms with Crippen LogP contribution in [0.1, 0.15) is 59.8 Å². The molecule has 0 spiro atoms. The van der Waals surface area contributed by atoms with E-state index in [9.17, 15) is 0 Å². The maximum absolute atomic E-state index is 5.93. The Bertz CT molecular complexity index is 188. The van der Waals surface area contributed by atoms with Gasteiger partial charge < -0.3 is 5.73 Å². The standard InChI is InChI=1S/C15H31N/c1-5-12(4)8-15-9-13(11(2)3)6-7-14(15)10-16/h11-15H,5-10,16H2,1-4H3. The summed E-state index contributed by atoms with van der Waals surface area (Å²) in [7, 11) is 0. The van der Waals surface area contributed by atoms with Crippen LogP contribution >= 0.6 is 0 Å². The van der Waals surface area contributed by atoms with Gasteiger partial charge in [0.15, 0.2) is 0 Å². The van der Waals surface area contributed by atoms with E-state index in [1.807, 2.05) is 0 Å².